The van der Waals surface area contributed by atoms with Gasteiger partial charge in [0.25, 0.3) is 10.0 Å². The quantitative estimate of drug-likeness (QED) is 0.728. The summed E-state index contributed by atoms with van der Waals surface area (Å²) in [4.78, 5) is 0. The van der Waals surface area contributed by atoms with Gasteiger partial charge in [0.15, 0.2) is 0 Å². The number of furan rings is 1. The summed E-state index contributed by atoms with van der Waals surface area (Å²) in [5, 5.41) is 2.68. The van der Waals surface area contributed by atoms with Gasteiger partial charge in [0.05, 0.1) is 6.04 Å². The highest BCUT2D eigenvalue weighted by atomic mass is 79.9. The topological polar surface area (TPSA) is 59.3 Å². The van der Waals surface area contributed by atoms with Crippen LogP contribution in [0.2, 0.25) is 0 Å². The van der Waals surface area contributed by atoms with Crippen molar-refractivity contribution in [2.75, 3.05) is 0 Å². The van der Waals surface area contributed by atoms with Crippen LogP contribution in [0.5, 0.6) is 0 Å². The Morgan fingerprint density at radius 3 is 2.71 bits per heavy atom. The number of fused-ring (bicyclic) bond motifs is 1. The van der Waals surface area contributed by atoms with Crippen molar-refractivity contribution in [1.82, 2.24) is 4.72 Å². The van der Waals surface area contributed by atoms with Gasteiger partial charge < -0.3 is 4.42 Å². The zero-order valence-corrected chi connectivity index (χ0v) is 14.3. The van der Waals surface area contributed by atoms with Crippen LogP contribution in [0.1, 0.15) is 18.7 Å². The van der Waals surface area contributed by atoms with E-state index in [1.165, 1.54) is 11.3 Å². The minimum atomic E-state index is -3.57. The Labute approximate surface area is 135 Å². The maximum atomic E-state index is 12.3. The van der Waals surface area contributed by atoms with Gasteiger partial charge in [-0.3, -0.25) is 0 Å². The molecule has 2 aromatic heterocycles. The summed E-state index contributed by atoms with van der Waals surface area (Å²) in [7, 11) is -3.57. The summed E-state index contributed by atoms with van der Waals surface area (Å²) < 4.78 is 33.8. The van der Waals surface area contributed by atoms with Gasteiger partial charge in [-0.25, -0.2) is 13.1 Å². The number of hydrogen-bond donors (Lipinski definition) is 1. The summed E-state index contributed by atoms with van der Waals surface area (Å²) in [5.41, 5.74) is 0.746. The fourth-order valence-corrected chi connectivity index (χ4v) is 5.60. The van der Waals surface area contributed by atoms with Gasteiger partial charge in [-0.2, -0.15) is 0 Å². The average Bonchev–Trinajstić information content (AvgIpc) is 3.03. The van der Waals surface area contributed by atoms with E-state index in [-0.39, 0.29) is 4.21 Å². The molecule has 1 atom stereocenters. The van der Waals surface area contributed by atoms with Crippen LogP contribution in [0.3, 0.4) is 0 Å². The lowest BCUT2D eigenvalue weighted by molar-refractivity contribution is 0.485. The molecule has 21 heavy (non-hydrogen) atoms. The van der Waals surface area contributed by atoms with Crippen molar-refractivity contribution in [1.29, 1.82) is 0 Å². The molecule has 0 radical (unpaired) electrons. The molecule has 3 aromatic rings. The molecular formula is C14H12BrNO3S2. The van der Waals surface area contributed by atoms with Crippen LogP contribution < -0.4 is 4.72 Å². The molecule has 0 amide bonds. The third kappa shape index (κ3) is 2.91. The molecule has 0 spiro atoms. The number of para-hydroxylation sites is 1. The van der Waals surface area contributed by atoms with Gasteiger partial charge >= 0.3 is 0 Å². The normalized spacial score (nSPS) is 13.6. The summed E-state index contributed by atoms with van der Waals surface area (Å²) in [6.45, 7) is 1.76. The van der Waals surface area contributed by atoms with Crippen LogP contribution in [-0.2, 0) is 10.0 Å². The van der Waals surface area contributed by atoms with Crippen LogP contribution in [0.4, 0.5) is 0 Å². The predicted octanol–water partition coefficient (Wildman–Crippen LogP) is 4.30. The molecule has 0 aliphatic carbocycles. The molecule has 1 aromatic carbocycles. The zero-order valence-electron chi connectivity index (χ0n) is 11.0. The maximum absolute atomic E-state index is 12.3. The molecule has 1 unspecified atom stereocenters. The first-order valence-corrected chi connectivity index (χ1v) is 9.37. The van der Waals surface area contributed by atoms with E-state index in [1.807, 2.05) is 30.3 Å². The first-order chi connectivity index (χ1) is 9.97. The van der Waals surface area contributed by atoms with Crippen molar-refractivity contribution in [3.63, 3.8) is 0 Å². The van der Waals surface area contributed by atoms with Gasteiger partial charge in [-0.05, 0) is 46.4 Å². The largest absolute Gasteiger partial charge is 0.459 e. The Balaban J connectivity index is 1.89. The van der Waals surface area contributed by atoms with Crippen LogP contribution in [0, 0.1) is 0 Å². The monoisotopic (exact) mass is 385 g/mol. The first kappa shape index (κ1) is 14.8. The SMILES string of the molecule is CC(NS(=O)(=O)c1sccc1Br)c1cc2ccccc2o1. The molecule has 0 saturated heterocycles. The molecule has 0 aliphatic heterocycles. The molecule has 1 N–H and O–H groups in total. The van der Waals surface area contributed by atoms with Crippen LogP contribution in [-0.4, -0.2) is 8.42 Å². The number of benzene rings is 1. The van der Waals surface area contributed by atoms with Gasteiger partial charge in [0.2, 0.25) is 0 Å². The molecule has 0 aliphatic rings. The minimum absolute atomic E-state index is 0.269. The van der Waals surface area contributed by atoms with Crippen LogP contribution in [0.25, 0.3) is 11.0 Å². The lowest BCUT2D eigenvalue weighted by atomic mass is 10.2. The average molecular weight is 386 g/mol. The third-order valence-corrected chi connectivity index (χ3v) is 7.24. The maximum Gasteiger partial charge on any atom is 0.251 e. The lowest BCUT2D eigenvalue weighted by Crippen LogP contribution is -2.26. The summed E-state index contributed by atoms with van der Waals surface area (Å²) >= 11 is 4.41. The van der Waals surface area contributed by atoms with Crippen molar-refractivity contribution < 1.29 is 12.8 Å². The Morgan fingerprint density at radius 1 is 1.29 bits per heavy atom. The molecule has 3 rings (SSSR count). The Bertz CT molecular complexity index is 849. The van der Waals surface area contributed by atoms with E-state index in [2.05, 4.69) is 20.7 Å². The predicted molar refractivity (Wildman–Crippen MR) is 87.0 cm³/mol. The second-order valence-electron chi connectivity index (χ2n) is 4.59. The van der Waals surface area contributed by atoms with E-state index in [9.17, 15) is 8.42 Å². The first-order valence-electron chi connectivity index (χ1n) is 6.21. The number of hydrogen-bond acceptors (Lipinski definition) is 4. The van der Waals surface area contributed by atoms with Crippen LogP contribution >= 0.6 is 27.3 Å². The number of halogens is 1. The van der Waals surface area contributed by atoms with E-state index >= 15 is 0 Å². The molecule has 7 heteroatoms. The third-order valence-electron chi connectivity index (χ3n) is 3.03. The lowest BCUT2D eigenvalue weighted by Gasteiger charge is -2.11. The van der Waals surface area contributed by atoms with Gasteiger partial charge in [0, 0.05) is 9.86 Å². The van der Waals surface area contributed by atoms with Crippen LogP contribution in [0.15, 0.2) is 54.9 Å². The van der Waals surface area contributed by atoms with Crippen molar-refractivity contribution in [3.05, 3.63) is 52.0 Å². The molecule has 110 valence electrons. The molecule has 4 nitrogen and oxygen atoms in total. The highest BCUT2D eigenvalue weighted by Crippen LogP contribution is 2.30. The van der Waals surface area contributed by atoms with Crippen molar-refractivity contribution in [2.45, 2.75) is 17.2 Å². The van der Waals surface area contributed by atoms with E-state index in [1.54, 1.807) is 18.4 Å². The second kappa shape index (κ2) is 5.57. The number of nitrogens with one attached hydrogen (secondary N) is 1. The van der Waals surface area contributed by atoms with Gasteiger partial charge in [-0.15, -0.1) is 11.3 Å². The summed E-state index contributed by atoms with van der Waals surface area (Å²) in [6, 6.07) is 10.7. The van der Waals surface area contributed by atoms with Crippen molar-refractivity contribution in [3.8, 4) is 0 Å². The van der Waals surface area contributed by atoms with E-state index in [4.69, 9.17) is 4.42 Å². The summed E-state index contributed by atoms with van der Waals surface area (Å²) in [6.07, 6.45) is 0. The number of thiophene rings is 1. The minimum Gasteiger partial charge on any atom is -0.459 e. The second-order valence-corrected chi connectivity index (χ2v) is 8.27. The number of sulfonamides is 1. The highest BCUT2D eigenvalue weighted by molar-refractivity contribution is 9.10. The van der Waals surface area contributed by atoms with Crippen molar-refractivity contribution in [2.24, 2.45) is 0 Å². The molecule has 0 saturated carbocycles. The molecule has 0 fully saturated rings. The molecular weight excluding hydrogens is 374 g/mol. The van der Waals surface area contributed by atoms with E-state index in [0.717, 1.165) is 11.0 Å². The molecule has 0 bridgehead atoms. The van der Waals surface area contributed by atoms with E-state index in [0.29, 0.717) is 10.2 Å². The standard InChI is InChI=1S/C14H12BrNO3S2/c1-9(13-8-10-4-2-3-5-12(10)19-13)16-21(17,18)14-11(15)6-7-20-14/h2-9,16H,1H3. The fraction of sp³-hybridized carbons (Fsp3) is 0.143. The van der Waals surface area contributed by atoms with Gasteiger partial charge in [-0.1, -0.05) is 18.2 Å². The Morgan fingerprint density at radius 2 is 2.05 bits per heavy atom. The van der Waals surface area contributed by atoms with E-state index < -0.39 is 16.1 Å². The smallest absolute Gasteiger partial charge is 0.251 e. The Kier molecular flexibility index (Phi) is 3.92. The van der Waals surface area contributed by atoms with Gasteiger partial charge in [0.1, 0.15) is 15.6 Å². The van der Waals surface area contributed by atoms with Crippen molar-refractivity contribution >= 4 is 48.3 Å². The highest BCUT2D eigenvalue weighted by Gasteiger charge is 2.23. The summed E-state index contributed by atoms with van der Waals surface area (Å²) in [5.74, 6) is 0.590. The Hall–Kier alpha value is -1.15. The number of rotatable bonds is 4. The zero-order chi connectivity index (χ0) is 15.0. The fourth-order valence-electron chi connectivity index (χ4n) is 2.03. The molecule has 2 heterocycles.